The predicted molar refractivity (Wildman–Crippen MR) is 163 cm³/mol. The quantitative estimate of drug-likeness (QED) is 0.0966. The summed E-state index contributed by atoms with van der Waals surface area (Å²) in [7, 11) is 0.917. The summed E-state index contributed by atoms with van der Waals surface area (Å²) in [5, 5.41) is 5.19. The van der Waals surface area contributed by atoms with Crippen LogP contribution in [-0.4, -0.2) is 65.2 Å². The number of amides is 2. The number of ether oxygens (including phenoxy) is 3. The van der Waals surface area contributed by atoms with Crippen molar-refractivity contribution in [3.63, 3.8) is 0 Å². The van der Waals surface area contributed by atoms with Crippen LogP contribution in [-0.2, 0) is 14.3 Å². The molecule has 2 rings (SSSR count). The first-order valence-corrected chi connectivity index (χ1v) is 14.5. The third kappa shape index (κ3) is 19.6. The lowest BCUT2D eigenvalue weighted by molar-refractivity contribution is -0.109. The third-order valence-corrected chi connectivity index (χ3v) is 5.53. The van der Waals surface area contributed by atoms with Crippen LogP contribution in [0.2, 0.25) is 0 Å². The van der Waals surface area contributed by atoms with E-state index in [1.165, 1.54) is 12.8 Å². The highest BCUT2D eigenvalue weighted by atomic mass is 19.2. The van der Waals surface area contributed by atoms with Crippen molar-refractivity contribution in [2.75, 3.05) is 46.6 Å². The van der Waals surface area contributed by atoms with E-state index in [2.05, 4.69) is 43.1 Å². The number of carbonyl (C=O) groups excluding carboxylic acids is 3. The highest BCUT2D eigenvalue weighted by Gasteiger charge is 2.19. The molecule has 0 spiro atoms. The first-order chi connectivity index (χ1) is 21.0. The molecule has 0 fully saturated rings. The number of rotatable bonds is 16. The molecule has 8 nitrogen and oxygen atoms in total. The topological polar surface area (TPSA) is 103 Å². The van der Waals surface area contributed by atoms with E-state index in [1.807, 2.05) is 13.8 Å². The van der Waals surface area contributed by atoms with E-state index in [0.717, 1.165) is 25.2 Å². The van der Waals surface area contributed by atoms with Gasteiger partial charge in [0.1, 0.15) is 6.29 Å². The van der Waals surface area contributed by atoms with Crippen molar-refractivity contribution in [2.24, 2.45) is 11.8 Å². The highest BCUT2D eigenvalue weighted by molar-refractivity contribution is 5.94. The molecule has 1 atom stereocenters. The Balaban J connectivity index is 0. The Morgan fingerprint density at radius 2 is 1.39 bits per heavy atom. The van der Waals surface area contributed by atoms with Crippen molar-refractivity contribution >= 4 is 18.6 Å². The third-order valence-electron chi connectivity index (χ3n) is 5.53. The average molecular weight is 633 g/mol. The fraction of sp³-hybridized carbons (Fsp3) is 0.531. The Morgan fingerprint density at radius 1 is 0.864 bits per heavy atom. The molecule has 0 aliphatic rings. The minimum absolute atomic E-state index is 0.118. The molecule has 2 N–H and O–H groups in total. The maximum atomic E-state index is 12.5. The van der Waals surface area contributed by atoms with Gasteiger partial charge in [0.2, 0.25) is 18.0 Å². The molecule has 250 valence electrons. The monoisotopic (exact) mass is 632 g/mol. The van der Waals surface area contributed by atoms with Crippen LogP contribution in [0.1, 0.15) is 75.1 Å². The van der Waals surface area contributed by atoms with E-state index >= 15 is 0 Å². The van der Waals surface area contributed by atoms with E-state index < -0.39 is 29.0 Å². The standard InChI is InChI=1S/C15H20N2O5.C8H18.C7H4F4O.C2H6/c18-11-13-1-3-14(4-2-13)15(20)17-6-8-22-10-9-21-7-5-16-12-19;1-5-8(4)6-7(2)3;1-12-7-5(10)3(8)2-4(9)6(7)11;1-2/h1-4,11-12H,5-10H2,(H,16,19)(H,17,20);7-8H,5-6H2,1-4H3;2H,1H3;1-2H3. The molecular formula is C32H48F4N2O6. The summed E-state index contributed by atoms with van der Waals surface area (Å²) in [6.45, 7) is 15.7. The zero-order chi connectivity index (χ0) is 33.9. The average Bonchev–Trinajstić information content (AvgIpc) is 3.02. The number of hydrogen-bond donors (Lipinski definition) is 2. The molecule has 0 bridgehead atoms. The van der Waals surface area contributed by atoms with Gasteiger partial charge in [-0.3, -0.25) is 14.4 Å². The molecule has 0 radical (unpaired) electrons. The fourth-order valence-electron chi connectivity index (χ4n) is 3.27. The van der Waals surface area contributed by atoms with Crippen molar-refractivity contribution < 1.29 is 46.2 Å². The smallest absolute Gasteiger partial charge is 0.251 e. The summed E-state index contributed by atoms with van der Waals surface area (Å²) in [5.41, 5.74) is 1.03. The van der Waals surface area contributed by atoms with Crippen LogP contribution >= 0.6 is 0 Å². The second-order valence-corrected chi connectivity index (χ2v) is 9.44. The minimum Gasteiger partial charge on any atom is -0.491 e. The Hall–Kier alpha value is -3.51. The molecule has 0 heterocycles. The number of carbonyl (C=O) groups is 3. The number of benzene rings is 2. The number of hydrogen-bond acceptors (Lipinski definition) is 6. The van der Waals surface area contributed by atoms with Gasteiger partial charge < -0.3 is 24.8 Å². The van der Waals surface area contributed by atoms with Gasteiger partial charge in [-0.05, 0) is 30.4 Å². The van der Waals surface area contributed by atoms with E-state index in [0.29, 0.717) is 57.1 Å². The van der Waals surface area contributed by atoms with Gasteiger partial charge in [0.25, 0.3) is 5.91 Å². The van der Waals surface area contributed by atoms with Gasteiger partial charge in [-0.1, -0.05) is 60.1 Å². The zero-order valence-corrected chi connectivity index (χ0v) is 26.8. The first kappa shape index (κ1) is 42.6. The zero-order valence-electron chi connectivity index (χ0n) is 26.8. The van der Waals surface area contributed by atoms with Crippen molar-refractivity contribution in [1.82, 2.24) is 10.6 Å². The van der Waals surface area contributed by atoms with Crippen molar-refractivity contribution in [2.45, 2.75) is 54.4 Å². The van der Waals surface area contributed by atoms with Crippen LogP contribution in [0, 0.1) is 35.1 Å². The lowest BCUT2D eigenvalue weighted by Crippen LogP contribution is -2.27. The lowest BCUT2D eigenvalue weighted by atomic mass is 9.97. The van der Waals surface area contributed by atoms with Crippen LogP contribution in [0.25, 0.3) is 0 Å². The number of methoxy groups -OCH3 is 1. The minimum atomic E-state index is -1.53. The van der Waals surface area contributed by atoms with Gasteiger partial charge in [-0.15, -0.1) is 0 Å². The lowest BCUT2D eigenvalue weighted by Gasteiger charge is -2.09. The van der Waals surface area contributed by atoms with E-state index in [1.54, 1.807) is 24.3 Å². The molecule has 0 aromatic heterocycles. The van der Waals surface area contributed by atoms with Gasteiger partial charge in [-0.25, -0.2) is 8.78 Å². The van der Waals surface area contributed by atoms with Crippen LogP contribution < -0.4 is 15.4 Å². The Bertz CT molecular complexity index is 1030. The van der Waals surface area contributed by atoms with Crippen LogP contribution in [0.5, 0.6) is 5.75 Å². The van der Waals surface area contributed by atoms with E-state index in [9.17, 15) is 31.9 Å². The van der Waals surface area contributed by atoms with Gasteiger partial charge >= 0.3 is 0 Å². The molecule has 2 amide bonds. The molecule has 1 unspecified atom stereocenters. The van der Waals surface area contributed by atoms with Crippen LogP contribution in [0.3, 0.4) is 0 Å². The van der Waals surface area contributed by atoms with E-state index in [4.69, 9.17) is 9.47 Å². The summed E-state index contributed by atoms with van der Waals surface area (Å²) in [6.07, 6.45) is 4.07. The van der Waals surface area contributed by atoms with Crippen molar-refractivity contribution in [1.29, 1.82) is 0 Å². The Labute approximate surface area is 258 Å². The summed E-state index contributed by atoms with van der Waals surface area (Å²) < 4.78 is 64.3. The molecule has 2 aromatic rings. The summed E-state index contributed by atoms with van der Waals surface area (Å²) in [6, 6.07) is 6.50. The largest absolute Gasteiger partial charge is 0.491 e. The van der Waals surface area contributed by atoms with E-state index in [-0.39, 0.29) is 12.0 Å². The van der Waals surface area contributed by atoms with Gasteiger partial charge in [0.05, 0.1) is 33.5 Å². The van der Waals surface area contributed by atoms with Crippen LogP contribution in [0.15, 0.2) is 30.3 Å². The second kappa shape index (κ2) is 27.1. The van der Waals surface area contributed by atoms with Crippen LogP contribution in [0.4, 0.5) is 17.6 Å². The number of aldehydes is 1. The molecule has 0 aliphatic carbocycles. The van der Waals surface area contributed by atoms with Crippen molar-refractivity contribution in [3.05, 3.63) is 64.7 Å². The Morgan fingerprint density at radius 3 is 1.80 bits per heavy atom. The first-order valence-electron chi connectivity index (χ1n) is 14.5. The molecular weight excluding hydrogens is 584 g/mol. The predicted octanol–water partition coefficient (Wildman–Crippen LogP) is 6.36. The molecule has 12 heteroatoms. The summed E-state index contributed by atoms with van der Waals surface area (Å²) in [4.78, 5) is 32.2. The number of nitrogens with one attached hydrogen (secondary N) is 2. The normalized spacial score (nSPS) is 10.5. The summed E-state index contributed by atoms with van der Waals surface area (Å²) >= 11 is 0. The summed E-state index contributed by atoms with van der Waals surface area (Å²) in [5.74, 6) is -5.48. The van der Waals surface area contributed by atoms with Gasteiger partial charge in [0, 0.05) is 30.3 Å². The molecule has 2 aromatic carbocycles. The maximum Gasteiger partial charge on any atom is 0.251 e. The number of halogens is 4. The molecule has 44 heavy (non-hydrogen) atoms. The SMILES string of the molecule is CC.CCC(C)CC(C)C.COc1c(F)c(F)cc(F)c1F.O=CNCCOCCOCCNC(=O)c1ccc(C=O)cc1. The second-order valence-electron chi connectivity index (χ2n) is 9.44. The van der Waals surface area contributed by atoms with Crippen molar-refractivity contribution in [3.8, 4) is 5.75 Å². The Kier molecular flexibility index (Phi) is 26.2. The molecule has 0 saturated heterocycles. The highest BCUT2D eigenvalue weighted by Crippen LogP contribution is 2.25. The van der Waals surface area contributed by atoms with Gasteiger partial charge in [0.15, 0.2) is 17.4 Å². The molecule has 0 aliphatic heterocycles. The van der Waals surface area contributed by atoms with Gasteiger partial charge in [-0.2, -0.15) is 8.78 Å². The fourth-order valence-corrected chi connectivity index (χ4v) is 3.27. The maximum absolute atomic E-state index is 12.5. The molecule has 0 saturated carbocycles.